The molecule has 17 heavy (non-hydrogen) atoms. The molecule has 1 atom stereocenters. The van der Waals surface area contributed by atoms with Crippen LogP contribution < -0.4 is 10.6 Å². The molecule has 2 heterocycles. The Bertz CT molecular complexity index is 407. The number of rotatable bonds is 3. The van der Waals surface area contributed by atoms with Crippen LogP contribution in [-0.2, 0) is 11.3 Å². The summed E-state index contributed by atoms with van der Waals surface area (Å²) in [5.74, 6) is 0.0982. The number of aromatic nitrogens is 1. The number of carbonyl (C=O) groups is 1. The topological polar surface area (TPSA) is 57.3 Å². The van der Waals surface area contributed by atoms with Crippen molar-refractivity contribution in [2.75, 3.05) is 25.5 Å². The van der Waals surface area contributed by atoms with Crippen LogP contribution in [0.3, 0.4) is 0 Å². The minimum Gasteiger partial charge on any atom is -0.388 e. The van der Waals surface area contributed by atoms with Crippen molar-refractivity contribution in [3.8, 4) is 0 Å². The van der Waals surface area contributed by atoms with Gasteiger partial charge in [0.1, 0.15) is 0 Å². The predicted molar refractivity (Wildman–Crippen MR) is 66.7 cm³/mol. The summed E-state index contributed by atoms with van der Waals surface area (Å²) in [5, 5.41) is 5.94. The van der Waals surface area contributed by atoms with Crippen LogP contribution in [-0.4, -0.2) is 42.0 Å². The van der Waals surface area contributed by atoms with Gasteiger partial charge in [-0.2, -0.15) is 0 Å². The molecule has 1 aromatic rings. The minimum absolute atomic E-state index is 0.0798. The molecule has 2 rings (SSSR count). The Labute approximate surface area is 101 Å². The lowest BCUT2D eigenvalue weighted by Gasteiger charge is -2.32. The average molecular weight is 234 g/mol. The first kappa shape index (κ1) is 11.9. The van der Waals surface area contributed by atoms with Crippen molar-refractivity contribution in [1.29, 1.82) is 0 Å². The quantitative estimate of drug-likeness (QED) is 0.797. The van der Waals surface area contributed by atoms with E-state index < -0.39 is 0 Å². The summed E-state index contributed by atoms with van der Waals surface area (Å²) in [7, 11) is 1.88. The Morgan fingerprint density at radius 1 is 1.65 bits per heavy atom. The number of hydrogen-bond donors (Lipinski definition) is 2. The summed E-state index contributed by atoms with van der Waals surface area (Å²) in [6.07, 6.45) is 1.79. The van der Waals surface area contributed by atoms with Gasteiger partial charge in [0.15, 0.2) is 0 Å². The van der Waals surface area contributed by atoms with E-state index >= 15 is 0 Å². The second-order valence-corrected chi connectivity index (χ2v) is 4.22. The highest BCUT2D eigenvalue weighted by molar-refractivity contribution is 5.81. The molecule has 1 aromatic heterocycles. The number of amides is 1. The summed E-state index contributed by atoms with van der Waals surface area (Å²) in [4.78, 5) is 18.0. The minimum atomic E-state index is -0.0798. The van der Waals surface area contributed by atoms with Crippen LogP contribution in [0.15, 0.2) is 18.3 Å². The highest BCUT2D eigenvalue weighted by atomic mass is 16.2. The molecule has 1 fully saturated rings. The second-order valence-electron chi connectivity index (χ2n) is 4.22. The lowest BCUT2D eigenvalue weighted by atomic mass is 10.2. The van der Waals surface area contributed by atoms with E-state index in [1.165, 1.54) is 0 Å². The fourth-order valence-corrected chi connectivity index (χ4v) is 1.97. The van der Waals surface area contributed by atoms with Gasteiger partial charge in [0, 0.05) is 38.6 Å². The molecule has 0 aliphatic carbocycles. The van der Waals surface area contributed by atoms with Crippen molar-refractivity contribution in [2.45, 2.75) is 19.5 Å². The summed E-state index contributed by atoms with van der Waals surface area (Å²) in [6.45, 7) is 4.23. The lowest BCUT2D eigenvalue weighted by Crippen LogP contribution is -2.53. The number of pyridine rings is 1. The van der Waals surface area contributed by atoms with Crippen LogP contribution in [0.1, 0.15) is 12.6 Å². The smallest absolute Gasteiger partial charge is 0.237 e. The molecule has 1 saturated heterocycles. The van der Waals surface area contributed by atoms with Gasteiger partial charge in [0.05, 0.1) is 11.7 Å². The molecule has 5 heteroatoms. The largest absolute Gasteiger partial charge is 0.388 e. The molecule has 5 nitrogen and oxygen atoms in total. The molecule has 0 radical (unpaired) electrons. The first-order valence-electron chi connectivity index (χ1n) is 5.85. The summed E-state index contributed by atoms with van der Waals surface area (Å²) in [5.41, 5.74) is 2.03. The van der Waals surface area contributed by atoms with E-state index in [1.807, 2.05) is 26.1 Å². The molecule has 2 N–H and O–H groups in total. The van der Waals surface area contributed by atoms with E-state index in [9.17, 15) is 4.79 Å². The second kappa shape index (κ2) is 5.14. The zero-order valence-corrected chi connectivity index (χ0v) is 10.2. The Balaban J connectivity index is 2.06. The number of anilines is 1. The first-order valence-corrected chi connectivity index (χ1v) is 5.85. The van der Waals surface area contributed by atoms with E-state index in [2.05, 4.69) is 20.5 Å². The third-order valence-electron chi connectivity index (χ3n) is 3.10. The van der Waals surface area contributed by atoms with Gasteiger partial charge < -0.3 is 10.6 Å². The SMILES string of the molecule is CNc1ccnc(CN2CCNC(=O)C2C)c1. The third-order valence-corrected chi connectivity index (χ3v) is 3.10. The number of nitrogens with zero attached hydrogens (tertiary/aromatic N) is 2. The monoisotopic (exact) mass is 234 g/mol. The number of piperazine rings is 1. The molecule has 1 aliphatic rings. The standard InChI is InChI=1S/C12H18N4O/c1-9-12(17)15-5-6-16(9)8-11-7-10(13-2)3-4-14-11/h3-4,7,9H,5-6,8H2,1-2H3,(H,13,14)(H,15,17). The summed E-state index contributed by atoms with van der Waals surface area (Å²) in [6, 6.07) is 3.86. The van der Waals surface area contributed by atoms with Crippen molar-refractivity contribution in [3.63, 3.8) is 0 Å². The van der Waals surface area contributed by atoms with Gasteiger partial charge in [-0.1, -0.05) is 0 Å². The summed E-state index contributed by atoms with van der Waals surface area (Å²) >= 11 is 0. The molecule has 1 amide bonds. The molecule has 0 saturated carbocycles. The number of carbonyl (C=O) groups excluding carboxylic acids is 1. The first-order chi connectivity index (χ1) is 8.20. The van der Waals surface area contributed by atoms with Crippen molar-refractivity contribution in [3.05, 3.63) is 24.0 Å². The van der Waals surface area contributed by atoms with Crippen LogP contribution in [0, 0.1) is 0 Å². The van der Waals surface area contributed by atoms with Crippen LogP contribution >= 0.6 is 0 Å². The number of nitrogens with one attached hydrogen (secondary N) is 2. The fourth-order valence-electron chi connectivity index (χ4n) is 1.97. The molecular formula is C12H18N4O. The molecule has 1 unspecified atom stereocenters. The molecule has 0 bridgehead atoms. The Kier molecular flexibility index (Phi) is 3.58. The Hall–Kier alpha value is -1.62. The van der Waals surface area contributed by atoms with Gasteiger partial charge in [0.2, 0.25) is 5.91 Å². The fraction of sp³-hybridized carbons (Fsp3) is 0.500. The van der Waals surface area contributed by atoms with E-state index in [1.54, 1.807) is 6.20 Å². The van der Waals surface area contributed by atoms with Gasteiger partial charge in [0.25, 0.3) is 0 Å². The maximum absolute atomic E-state index is 11.5. The van der Waals surface area contributed by atoms with Crippen LogP contribution in [0.5, 0.6) is 0 Å². The molecular weight excluding hydrogens is 216 g/mol. The van der Waals surface area contributed by atoms with Crippen LogP contribution in [0.4, 0.5) is 5.69 Å². The van der Waals surface area contributed by atoms with E-state index in [-0.39, 0.29) is 11.9 Å². The molecule has 0 spiro atoms. The van der Waals surface area contributed by atoms with Crippen molar-refractivity contribution in [1.82, 2.24) is 15.2 Å². The van der Waals surface area contributed by atoms with E-state index in [0.29, 0.717) is 6.54 Å². The zero-order chi connectivity index (χ0) is 12.3. The highest BCUT2D eigenvalue weighted by Gasteiger charge is 2.25. The van der Waals surface area contributed by atoms with E-state index in [0.717, 1.165) is 24.5 Å². The maximum Gasteiger partial charge on any atom is 0.237 e. The van der Waals surface area contributed by atoms with Gasteiger partial charge in [-0.15, -0.1) is 0 Å². The third kappa shape index (κ3) is 2.74. The van der Waals surface area contributed by atoms with Crippen LogP contribution in [0.25, 0.3) is 0 Å². The average Bonchev–Trinajstić information content (AvgIpc) is 2.35. The molecule has 0 aromatic carbocycles. The number of hydrogen-bond acceptors (Lipinski definition) is 4. The van der Waals surface area contributed by atoms with Crippen molar-refractivity contribution in [2.24, 2.45) is 0 Å². The Morgan fingerprint density at radius 2 is 2.47 bits per heavy atom. The molecule has 92 valence electrons. The predicted octanol–water partition coefficient (Wildman–Crippen LogP) is 0.444. The summed E-state index contributed by atoms with van der Waals surface area (Å²) < 4.78 is 0. The van der Waals surface area contributed by atoms with Gasteiger partial charge >= 0.3 is 0 Å². The zero-order valence-electron chi connectivity index (χ0n) is 10.2. The van der Waals surface area contributed by atoms with Gasteiger partial charge in [-0.3, -0.25) is 14.7 Å². The van der Waals surface area contributed by atoms with Gasteiger partial charge in [-0.25, -0.2) is 0 Å². The van der Waals surface area contributed by atoms with Crippen molar-refractivity contribution >= 4 is 11.6 Å². The van der Waals surface area contributed by atoms with Crippen LogP contribution in [0.2, 0.25) is 0 Å². The maximum atomic E-state index is 11.5. The van der Waals surface area contributed by atoms with Gasteiger partial charge in [-0.05, 0) is 19.1 Å². The normalized spacial score (nSPS) is 21.1. The van der Waals surface area contributed by atoms with Crippen molar-refractivity contribution < 1.29 is 4.79 Å². The molecule has 1 aliphatic heterocycles. The Morgan fingerprint density at radius 3 is 3.24 bits per heavy atom. The highest BCUT2D eigenvalue weighted by Crippen LogP contribution is 2.12. The lowest BCUT2D eigenvalue weighted by molar-refractivity contribution is -0.128. The van der Waals surface area contributed by atoms with E-state index in [4.69, 9.17) is 0 Å².